The summed E-state index contributed by atoms with van der Waals surface area (Å²) in [5.74, 6) is -0.871. The fourth-order valence-corrected chi connectivity index (χ4v) is 1.58. The zero-order chi connectivity index (χ0) is 11.8. The van der Waals surface area contributed by atoms with Crippen LogP contribution in [0, 0.1) is 5.82 Å². The zero-order valence-corrected chi connectivity index (χ0v) is 9.80. The molecule has 0 saturated carbocycles. The van der Waals surface area contributed by atoms with Crippen LogP contribution in [-0.2, 0) is 0 Å². The number of nitrogens with one attached hydrogen (secondary N) is 1. The van der Waals surface area contributed by atoms with Gasteiger partial charge < -0.3 is 10.4 Å². The van der Waals surface area contributed by atoms with E-state index >= 15 is 0 Å². The molecule has 0 radical (unpaired) electrons. The van der Waals surface area contributed by atoms with E-state index in [1.807, 2.05) is 0 Å². The van der Waals surface area contributed by atoms with Gasteiger partial charge in [0.05, 0.1) is 0 Å². The summed E-state index contributed by atoms with van der Waals surface area (Å²) in [4.78, 5) is 0. The van der Waals surface area contributed by atoms with E-state index < -0.39 is 5.82 Å². The lowest BCUT2D eigenvalue weighted by Crippen LogP contribution is -2.01. The Labute approximate surface area is 96.5 Å². The van der Waals surface area contributed by atoms with Gasteiger partial charge in [-0.25, -0.2) is 4.39 Å². The quantitative estimate of drug-likeness (QED) is 0.544. The number of anilines is 1. The first kappa shape index (κ1) is 12.8. The van der Waals surface area contributed by atoms with E-state index in [-0.39, 0.29) is 5.75 Å². The maximum absolute atomic E-state index is 13.0. The first-order valence-corrected chi connectivity index (χ1v) is 5.96. The van der Waals surface area contributed by atoms with Crippen molar-refractivity contribution in [1.29, 1.82) is 0 Å². The van der Waals surface area contributed by atoms with Crippen LogP contribution in [0.5, 0.6) is 5.75 Å². The Bertz CT molecular complexity index is 315. The lowest BCUT2D eigenvalue weighted by atomic mass is 10.1. The molecule has 2 nitrogen and oxygen atoms in total. The highest BCUT2D eigenvalue weighted by Gasteiger charge is 2.00. The van der Waals surface area contributed by atoms with Gasteiger partial charge in [0.15, 0.2) is 11.6 Å². The van der Waals surface area contributed by atoms with E-state index in [9.17, 15) is 4.39 Å². The smallest absolute Gasteiger partial charge is 0.166 e. The highest BCUT2D eigenvalue weighted by Crippen LogP contribution is 2.19. The Balaban J connectivity index is 2.19. The van der Waals surface area contributed by atoms with Gasteiger partial charge >= 0.3 is 0 Å². The predicted molar refractivity (Wildman–Crippen MR) is 65.3 cm³/mol. The fourth-order valence-electron chi connectivity index (χ4n) is 1.58. The van der Waals surface area contributed by atoms with Crippen LogP contribution in [0.15, 0.2) is 18.2 Å². The van der Waals surface area contributed by atoms with Gasteiger partial charge in [-0.3, -0.25) is 0 Å². The summed E-state index contributed by atoms with van der Waals surface area (Å²) in [6, 6.07) is 4.38. The summed E-state index contributed by atoms with van der Waals surface area (Å²) in [5, 5.41) is 12.1. The van der Waals surface area contributed by atoms with Crippen molar-refractivity contribution in [3.05, 3.63) is 24.0 Å². The molecule has 1 aromatic carbocycles. The number of benzene rings is 1. The molecule has 0 saturated heterocycles. The maximum atomic E-state index is 13.0. The molecule has 0 amide bonds. The summed E-state index contributed by atoms with van der Waals surface area (Å²) in [5.41, 5.74) is 0.728. The molecule has 1 rings (SSSR count). The third kappa shape index (κ3) is 4.51. The molecule has 0 aliphatic rings. The normalized spacial score (nSPS) is 10.4. The van der Waals surface area contributed by atoms with Crippen molar-refractivity contribution in [2.75, 3.05) is 11.9 Å². The summed E-state index contributed by atoms with van der Waals surface area (Å²) in [6.45, 7) is 3.05. The SMILES string of the molecule is CCCCCCCNc1ccc(O)c(F)c1. The van der Waals surface area contributed by atoms with Crippen molar-refractivity contribution in [2.45, 2.75) is 39.0 Å². The first-order chi connectivity index (χ1) is 7.74. The second-order valence-electron chi connectivity index (χ2n) is 4.01. The van der Waals surface area contributed by atoms with Crippen molar-refractivity contribution in [3.63, 3.8) is 0 Å². The van der Waals surface area contributed by atoms with Gasteiger partial charge in [0, 0.05) is 18.3 Å². The molecule has 0 heterocycles. The number of phenolic OH excluding ortho intramolecular Hbond substituents is 1. The van der Waals surface area contributed by atoms with Gasteiger partial charge in [-0.2, -0.15) is 0 Å². The highest BCUT2D eigenvalue weighted by atomic mass is 19.1. The summed E-state index contributed by atoms with van der Waals surface area (Å²) in [7, 11) is 0. The fraction of sp³-hybridized carbons (Fsp3) is 0.538. The molecule has 3 heteroatoms. The standard InChI is InChI=1S/C13H20FNO/c1-2-3-4-5-6-9-15-11-7-8-13(16)12(14)10-11/h7-8,10,15-16H,2-6,9H2,1H3. The van der Waals surface area contributed by atoms with Crippen LogP contribution in [0.3, 0.4) is 0 Å². The molecule has 90 valence electrons. The Morgan fingerprint density at radius 2 is 1.94 bits per heavy atom. The lowest BCUT2D eigenvalue weighted by molar-refractivity contribution is 0.432. The third-order valence-electron chi connectivity index (χ3n) is 2.56. The summed E-state index contributed by atoms with van der Waals surface area (Å²) < 4.78 is 13.0. The predicted octanol–water partition coefficient (Wildman–Crippen LogP) is 3.91. The van der Waals surface area contributed by atoms with Crippen LogP contribution in [0.4, 0.5) is 10.1 Å². The van der Waals surface area contributed by atoms with Gasteiger partial charge in [-0.05, 0) is 18.6 Å². The largest absolute Gasteiger partial charge is 0.505 e. The van der Waals surface area contributed by atoms with Crippen LogP contribution in [-0.4, -0.2) is 11.7 Å². The number of phenols is 1. The molecule has 0 aliphatic carbocycles. The molecule has 0 fully saturated rings. The van der Waals surface area contributed by atoms with Crippen molar-refractivity contribution in [1.82, 2.24) is 0 Å². The molecule has 16 heavy (non-hydrogen) atoms. The maximum Gasteiger partial charge on any atom is 0.166 e. The highest BCUT2D eigenvalue weighted by molar-refractivity contribution is 5.46. The Hall–Kier alpha value is -1.25. The molecule has 0 aliphatic heterocycles. The van der Waals surface area contributed by atoms with E-state index in [2.05, 4.69) is 12.2 Å². The van der Waals surface area contributed by atoms with Crippen LogP contribution in [0.2, 0.25) is 0 Å². The number of unbranched alkanes of at least 4 members (excludes halogenated alkanes) is 4. The minimum Gasteiger partial charge on any atom is -0.505 e. The van der Waals surface area contributed by atoms with E-state index in [0.717, 1.165) is 18.7 Å². The molecule has 1 aromatic rings. The van der Waals surface area contributed by atoms with Gasteiger partial charge in [0.1, 0.15) is 0 Å². The molecule has 0 atom stereocenters. The average molecular weight is 225 g/mol. The molecular formula is C13H20FNO. The Morgan fingerprint density at radius 3 is 2.62 bits per heavy atom. The van der Waals surface area contributed by atoms with Gasteiger partial charge in [-0.1, -0.05) is 32.6 Å². The number of halogens is 1. The van der Waals surface area contributed by atoms with Crippen molar-refractivity contribution in [3.8, 4) is 5.75 Å². The van der Waals surface area contributed by atoms with E-state index in [0.29, 0.717) is 0 Å². The monoisotopic (exact) mass is 225 g/mol. The van der Waals surface area contributed by atoms with Gasteiger partial charge in [0.25, 0.3) is 0 Å². The lowest BCUT2D eigenvalue weighted by Gasteiger charge is -2.06. The second-order valence-corrected chi connectivity index (χ2v) is 4.01. The zero-order valence-electron chi connectivity index (χ0n) is 9.80. The van der Waals surface area contributed by atoms with E-state index in [4.69, 9.17) is 5.11 Å². The van der Waals surface area contributed by atoms with Crippen molar-refractivity contribution < 1.29 is 9.50 Å². The van der Waals surface area contributed by atoms with Crippen LogP contribution in [0.1, 0.15) is 39.0 Å². The molecule has 0 bridgehead atoms. The topological polar surface area (TPSA) is 32.3 Å². The van der Waals surface area contributed by atoms with Crippen LogP contribution >= 0.6 is 0 Å². The second kappa shape index (κ2) is 7.09. The number of rotatable bonds is 7. The summed E-state index contributed by atoms with van der Waals surface area (Å²) in [6.07, 6.45) is 6.11. The van der Waals surface area contributed by atoms with Crippen LogP contribution in [0.25, 0.3) is 0 Å². The third-order valence-corrected chi connectivity index (χ3v) is 2.56. The Kier molecular flexibility index (Phi) is 5.68. The summed E-state index contributed by atoms with van der Waals surface area (Å²) >= 11 is 0. The minimum atomic E-state index is -0.573. The van der Waals surface area contributed by atoms with E-state index in [1.165, 1.54) is 37.8 Å². The molecule has 0 unspecified atom stereocenters. The van der Waals surface area contributed by atoms with Gasteiger partial charge in [-0.15, -0.1) is 0 Å². The minimum absolute atomic E-state index is 0.298. The molecule has 2 N–H and O–H groups in total. The first-order valence-electron chi connectivity index (χ1n) is 5.96. The average Bonchev–Trinajstić information content (AvgIpc) is 2.28. The molecule has 0 aromatic heterocycles. The Morgan fingerprint density at radius 1 is 1.19 bits per heavy atom. The van der Waals surface area contributed by atoms with Crippen LogP contribution < -0.4 is 5.32 Å². The van der Waals surface area contributed by atoms with Crippen molar-refractivity contribution >= 4 is 5.69 Å². The number of hydrogen-bond acceptors (Lipinski definition) is 2. The van der Waals surface area contributed by atoms with Gasteiger partial charge in [0.2, 0.25) is 0 Å². The van der Waals surface area contributed by atoms with Crippen molar-refractivity contribution in [2.24, 2.45) is 0 Å². The number of hydrogen-bond donors (Lipinski definition) is 2. The molecule has 0 spiro atoms. The molecular weight excluding hydrogens is 205 g/mol. The van der Waals surface area contributed by atoms with E-state index in [1.54, 1.807) is 6.07 Å². The number of aromatic hydroxyl groups is 1.